The van der Waals surface area contributed by atoms with Gasteiger partial charge in [0.05, 0.1) is 16.0 Å². The molecule has 8 heteroatoms. The Morgan fingerprint density at radius 2 is 1.89 bits per heavy atom. The number of rotatable bonds is 5. The SMILES string of the molecule is Cc1cc(C)cc(-c2nnc(S[C@@H](C)C(=O)Nc3ccc(F)cc3Cl)o2)c1. The van der Waals surface area contributed by atoms with Crippen molar-refractivity contribution in [3.8, 4) is 11.5 Å². The second-order valence-corrected chi connectivity index (χ2v) is 7.82. The van der Waals surface area contributed by atoms with Crippen LogP contribution in [0.3, 0.4) is 0 Å². The Hall–Kier alpha value is -2.38. The van der Waals surface area contributed by atoms with Crippen LogP contribution in [0.5, 0.6) is 0 Å². The molecular formula is C19H17ClFN3O2S. The van der Waals surface area contributed by atoms with Crippen LogP contribution in [0, 0.1) is 19.7 Å². The van der Waals surface area contributed by atoms with E-state index in [9.17, 15) is 9.18 Å². The number of nitrogens with zero attached hydrogens (tertiary/aromatic N) is 2. The van der Waals surface area contributed by atoms with Gasteiger partial charge in [0.15, 0.2) is 0 Å². The van der Waals surface area contributed by atoms with Gasteiger partial charge < -0.3 is 9.73 Å². The molecule has 3 rings (SSSR count). The van der Waals surface area contributed by atoms with Gasteiger partial charge in [-0.3, -0.25) is 4.79 Å². The highest BCUT2D eigenvalue weighted by molar-refractivity contribution is 8.00. The zero-order valence-electron chi connectivity index (χ0n) is 14.9. The fraction of sp³-hybridized carbons (Fsp3) is 0.211. The number of hydrogen-bond donors (Lipinski definition) is 1. The molecule has 2 aromatic carbocycles. The summed E-state index contributed by atoms with van der Waals surface area (Å²) in [5.74, 6) is -0.372. The Kier molecular flexibility index (Phi) is 5.82. The zero-order valence-corrected chi connectivity index (χ0v) is 16.5. The Morgan fingerprint density at radius 3 is 2.56 bits per heavy atom. The van der Waals surface area contributed by atoms with E-state index in [-0.39, 0.29) is 16.2 Å². The van der Waals surface area contributed by atoms with Crippen molar-refractivity contribution in [2.45, 2.75) is 31.2 Å². The van der Waals surface area contributed by atoms with Gasteiger partial charge in [-0.25, -0.2) is 4.39 Å². The van der Waals surface area contributed by atoms with E-state index in [1.54, 1.807) is 6.92 Å². The normalized spacial score (nSPS) is 12.0. The van der Waals surface area contributed by atoms with Crippen LogP contribution in [-0.4, -0.2) is 21.4 Å². The molecule has 3 aromatic rings. The fourth-order valence-electron chi connectivity index (χ4n) is 2.50. The van der Waals surface area contributed by atoms with Gasteiger partial charge >= 0.3 is 0 Å². The molecule has 0 bridgehead atoms. The molecule has 27 heavy (non-hydrogen) atoms. The standard InChI is InChI=1S/C19H17ClFN3O2S/c1-10-6-11(2)8-13(7-10)18-23-24-19(26-18)27-12(3)17(25)22-16-5-4-14(21)9-15(16)20/h4-9,12H,1-3H3,(H,22,25)/t12-/m0/s1. The summed E-state index contributed by atoms with van der Waals surface area (Å²) in [6.07, 6.45) is 0. The molecule has 0 fully saturated rings. The zero-order chi connectivity index (χ0) is 19.6. The topological polar surface area (TPSA) is 68.0 Å². The third kappa shape index (κ3) is 4.87. The lowest BCUT2D eigenvalue weighted by Crippen LogP contribution is -2.22. The Labute approximate surface area is 165 Å². The van der Waals surface area contributed by atoms with Crippen molar-refractivity contribution in [3.05, 3.63) is 58.4 Å². The van der Waals surface area contributed by atoms with Gasteiger partial charge in [-0.05, 0) is 51.1 Å². The van der Waals surface area contributed by atoms with Gasteiger partial charge in [0.2, 0.25) is 11.8 Å². The molecule has 0 aliphatic rings. The quantitative estimate of drug-likeness (QED) is 0.586. The summed E-state index contributed by atoms with van der Waals surface area (Å²) in [5.41, 5.74) is 3.38. The highest BCUT2D eigenvalue weighted by atomic mass is 35.5. The number of halogens is 2. The van der Waals surface area contributed by atoms with Crippen molar-refractivity contribution in [1.82, 2.24) is 10.2 Å². The van der Waals surface area contributed by atoms with Gasteiger partial charge in [-0.2, -0.15) is 0 Å². The minimum atomic E-state index is -0.515. The van der Waals surface area contributed by atoms with E-state index in [0.29, 0.717) is 11.6 Å². The van der Waals surface area contributed by atoms with E-state index < -0.39 is 11.1 Å². The summed E-state index contributed by atoms with van der Waals surface area (Å²) >= 11 is 7.07. The Balaban J connectivity index is 1.68. The van der Waals surface area contributed by atoms with Crippen LogP contribution in [-0.2, 0) is 4.79 Å². The van der Waals surface area contributed by atoms with E-state index in [1.165, 1.54) is 12.1 Å². The number of carbonyl (C=O) groups excluding carboxylic acids is 1. The first-order chi connectivity index (χ1) is 12.8. The first-order valence-corrected chi connectivity index (χ1v) is 9.42. The summed E-state index contributed by atoms with van der Waals surface area (Å²) in [5, 5.41) is 10.6. The van der Waals surface area contributed by atoms with Gasteiger partial charge in [0, 0.05) is 5.56 Å². The number of amides is 1. The van der Waals surface area contributed by atoms with Crippen LogP contribution in [0.1, 0.15) is 18.1 Å². The van der Waals surface area contributed by atoms with Gasteiger partial charge in [0.25, 0.3) is 5.22 Å². The third-order valence-corrected chi connectivity index (χ3v) is 4.96. The average molecular weight is 406 g/mol. The van der Waals surface area contributed by atoms with Gasteiger partial charge in [0.1, 0.15) is 5.82 Å². The average Bonchev–Trinajstić information content (AvgIpc) is 3.05. The summed E-state index contributed by atoms with van der Waals surface area (Å²) in [6.45, 7) is 5.70. The third-order valence-electron chi connectivity index (χ3n) is 3.71. The van der Waals surface area contributed by atoms with Crippen molar-refractivity contribution in [3.63, 3.8) is 0 Å². The second-order valence-electron chi connectivity index (χ2n) is 6.12. The van der Waals surface area contributed by atoms with Crippen LogP contribution in [0.4, 0.5) is 10.1 Å². The van der Waals surface area contributed by atoms with Crippen molar-refractivity contribution >= 4 is 35.0 Å². The molecule has 1 heterocycles. The lowest BCUT2D eigenvalue weighted by Gasteiger charge is -2.11. The molecule has 0 spiro atoms. The molecule has 1 aromatic heterocycles. The summed E-state index contributed by atoms with van der Waals surface area (Å²) in [4.78, 5) is 12.3. The second kappa shape index (κ2) is 8.10. The Morgan fingerprint density at radius 1 is 1.19 bits per heavy atom. The van der Waals surface area contributed by atoms with Gasteiger partial charge in [-0.1, -0.05) is 40.6 Å². The first-order valence-electron chi connectivity index (χ1n) is 8.16. The molecule has 140 valence electrons. The van der Waals surface area contributed by atoms with Gasteiger partial charge in [-0.15, -0.1) is 10.2 Å². The number of thioether (sulfide) groups is 1. The van der Waals surface area contributed by atoms with Crippen LogP contribution in [0.2, 0.25) is 5.02 Å². The molecule has 0 aliphatic heterocycles. The maximum atomic E-state index is 13.1. The molecule has 5 nitrogen and oxygen atoms in total. The minimum absolute atomic E-state index is 0.135. The van der Waals surface area contributed by atoms with Crippen molar-refractivity contribution in [2.75, 3.05) is 5.32 Å². The number of anilines is 1. The number of aromatic nitrogens is 2. The smallest absolute Gasteiger partial charge is 0.277 e. The number of benzene rings is 2. The van der Waals surface area contributed by atoms with Crippen LogP contribution in [0.15, 0.2) is 46.0 Å². The number of hydrogen-bond acceptors (Lipinski definition) is 5. The van der Waals surface area contributed by atoms with E-state index >= 15 is 0 Å². The lowest BCUT2D eigenvalue weighted by molar-refractivity contribution is -0.115. The van der Waals surface area contributed by atoms with Crippen LogP contribution in [0.25, 0.3) is 11.5 Å². The highest BCUT2D eigenvalue weighted by Gasteiger charge is 2.20. The molecule has 0 radical (unpaired) electrons. The summed E-state index contributed by atoms with van der Waals surface area (Å²) in [6, 6.07) is 9.76. The molecule has 1 N–H and O–H groups in total. The minimum Gasteiger partial charge on any atom is -0.411 e. The molecule has 0 unspecified atom stereocenters. The van der Waals surface area contributed by atoms with Crippen molar-refractivity contribution < 1.29 is 13.6 Å². The monoisotopic (exact) mass is 405 g/mol. The molecule has 0 saturated heterocycles. The van der Waals surface area contributed by atoms with Crippen LogP contribution >= 0.6 is 23.4 Å². The van der Waals surface area contributed by atoms with E-state index in [2.05, 4.69) is 21.6 Å². The summed E-state index contributed by atoms with van der Waals surface area (Å²) in [7, 11) is 0. The largest absolute Gasteiger partial charge is 0.411 e. The van der Waals surface area contributed by atoms with E-state index in [0.717, 1.165) is 34.5 Å². The Bertz CT molecular complexity index is 973. The van der Waals surface area contributed by atoms with Crippen molar-refractivity contribution in [2.24, 2.45) is 0 Å². The molecule has 1 atom stereocenters. The number of nitrogens with one attached hydrogen (secondary N) is 1. The van der Waals surface area contributed by atoms with Crippen LogP contribution < -0.4 is 5.32 Å². The number of carbonyl (C=O) groups is 1. The maximum Gasteiger partial charge on any atom is 0.277 e. The summed E-state index contributed by atoms with van der Waals surface area (Å²) < 4.78 is 18.8. The maximum absolute atomic E-state index is 13.1. The van der Waals surface area contributed by atoms with E-state index in [4.69, 9.17) is 16.0 Å². The molecule has 0 aliphatic carbocycles. The van der Waals surface area contributed by atoms with Crippen molar-refractivity contribution in [1.29, 1.82) is 0 Å². The fourth-order valence-corrected chi connectivity index (χ4v) is 3.40. The molecule has 0 saturated carbocycles. The molecule has 1 amide bonds. The van der Waals surface area contributed by atoms with E-state index in [1.807, 2.05) is 26.0 Å². The lowest BCUT2D eigenvalue weighted by atomic mass is 10.1. The number of aryl methyl sites for hydroxylation is 2. The highest BCUT2D eigenvalue weighted by Crippen LogP contribution is 2.29. The predicted molar refractivity (Wildman–Crippen MR) is 105 cm³/mol. The predicted octanol–water partition coefficient (Wildman–Crippen LogP) is 5.27. The first kappa shape index (κ1) is 19.4. The molecular weight excluding hydrogens is 389 g/mol.